The molecular formula is C29H35FN4O4. The van der Waals surface area contributed by atoms with Gasteiger partial charge in [-0.2, -0.15) is 0 Å². The zero-order chi connectivity index (χ0) is 31.8. The van der Waals surface area contributed by atoms with E-state index >= 15 is 4.39 Å². The first-order chi connectivity index (χ1) is 19.8. The van der Waals surface area contributed by atoms with E-state index < -0.39 is 48.8 Å². The lowest BCUT2D eigenvalue weighted by atomic mass is 9.98. The normalized spacial score (nSPS) is 29.3. The molecule has 38 heavy (non-hydrogen) atoms. The molecule has 2 saturated heterocycles. The van der Waals surface area contributed by atoms with Crippen LogP contribution in [0.1, 0.15) is 74.3 Å². The van der Waals surface area contributed by atoms with Crippen molar-refractivity contribution in [1.82, 2.24) is 15.1 Å². The predicted octanol–water partition coefficient (Wildman–Crippen LogP) is 3.59. The smallest absolute Gasteiger partial charge is 0.255 e. The van der Waals surface area contributed by atoms with Crippen molar-refractivity contribution in [2.45, 2.75) is 77.3 Å². The van der Waals surface area contributed by atoms with Crippen LogP contribution in [0.2, 0.25) is 0 Å². The van der Waals surface area contributed by atoms with Crippen molar-refractivity contribution < 1.29 is 30.4 Å². The number of hydrogen-bond donors (Lipinski definition) is 2. The molecule has 2 N–H and O–H groups in total. The molecule has 1 atom stereocenters. The van der Waals surface area contributed by atoms with E-state index in [9.17, 15) is 14.4 Å². The lowest BCUT2D eigenvalue weighted by Crippen LogP contribution is -2.56. The van der Waals surface area contributed by atoms with Crippen LogP contribution in [0.25, 0.3) is 0 Å². The molecule has 2 aromatic rings. The first-order valence-corrected chi connectivity index (χ1v) is 12.5. The Bertz CT molecular complexity index is 1500. The van der Waals surface area contributed by atoms with E-state index in [4.69, 9.17) is 11.6 Å². The molecule has 3 aliphatic rings. The zero-order valence-corrected chi connectivity index (χ0v) is 21.9. The first-order valence-electron chi connectivity index (χ1n) is 15.0. The van der Waals surface area contributed by atoms with Crippen LogP contribution >= 0.6 is 0 Å². The summed E-state index contributed by atoms with van der Waals surface area (Å²) in [5, 5.41) is 4.81. The molecule has 5 rings (SSSR count). The van der Waals surface area contributed by atoms with Gasteiger partial charge in [-0.1, -0.05) is 18.2 Å². The number of imide groups is 1. The van der Waals surface area contributed by atoms with Crippen molar-refractivity contribution >= 4 is 23.4 Å². The van der Waals surface area contributed by atoms with Crippen LogP contribution in [0.4, 0.5) is 10.1 Å². The molecule has 9 heteroatoms. The number of nitrogens with one attached hydrogen (secondary N) is 2. The van der Waals surface area contributed by atoms with Crippen molar-refractivity contribution in [3.05, 3.63) is 64.5 Å². The van der Waals surface area contributed by atoms with Crippen molar-refractivity contribution in [1.29, 1.82) is 0 Å². The first kappa shape index (κ1) is 20.6. The lowest BCUT2D eigenvalue weighted by molar-refractivity contribution is -0.182. The van der Waals surface area contributed by atoms with Crippen molar-refractivity contribution in [3.8, 4) is 0 Å². The Kier molecular flexibility index (Phi) is 5.31. The van der Waals surface area contributed by atoms with Gasteiger partial charge in [0.25, 0.3) is 5.91 Å². The van der Waals surface area contributed by atoms with Crippen LogP contribution < -0.4 is 10.6 Å². The lowest BCUT2D eigenvalue weighted by Gasteiger charge is -2.47. The van der Waals surface area contributed by atoms with Crippen LogP contribution in [0.3, 0.4) is 0 Å². The van der Waals surface area contributed by atoms with Gasteiger partial charge in [-0.15, -0.1) is 0 Å². The van der Waals surface area contributed by atoms with Gasteiger partial charge in [-0.3, -0.25) is 24.6 Å². The van der Waals surface area contributed by atoms with E-state index in [1.54, 1.807) is 23.5 Å². The SMILES string of the molecule is [2H]C1([2H])C(=O)NC(=O)C([2H])(N2Cc3c(NCc4ccc(CN5CC(C)(C)OC(C)(C)C5)cc4F)cccc3C2=O)C1([2H])[2H]. The minimum Gasteiger partial charge on any atom is -0.381 e. The Morgan fingerprint density at radius 2 is 1.89 bits per heavy atom. The van der Waals surface area contributed by atoms with E-state index in [-0.39, 0.29) is 23.3 Å². The molecule has 2 fully saturated rings. The number of anilines is 1. The Morgan fingerprint density at radius 1 is 1.16 bits per heavy atom. The maximum atomic E-state index is 15.2. The standard InChI is InChI=1S/C29H35FN4O4/c1-28(2)16-33(17-29(3,4)38-28)14-18-8-9-19(22(30)12-18)13-31-23-7-5-6-20-21(23)15-34(27(20)37)24-10-11-25(35)32-26(24)36/h5-9,12,24,31H,10-11,13-17H2,1-4H3,(H,32,35,36)/i10D2,11D2,24D. The summed E-state index contributed by atoms with van der Waals surface area (Å²) in [4.78, 5) is 41.0. The average molecular weight is 528 g/mol. The summed E-state index contributed by atoms with van der Waals surface area (Å²) in [6, 6.07) is 6.63. The fraction of sp³-hybridized carbons (Fsp3) is 0.483. The number of piperidine rings is 1. The Morgan fingerprint density at radius 3 is 2.61 bits per heavy atom. The number of carbonyl (C=O) groups excluding carboxylic acids is 3. The van der Waals surface area contributed by atoms with Gasteiger partial charge in [0.05, 0.1) is 12.6 Å². The van der Waals surface area contributed by atoms with Crippen LogP contribution in [0, 0.1) is 5.82 Å². The molecule has 1 unspecified atom stereocenters. The molecule has 0 radical (unpaired) electrons. The Labute approximate surface area is 229 Å². The summed E-state index contributed by atoms with van der Waals surface area (Å²) in [5.41, 5.74) is 1.37. The molecule has 0 saturated carbocycles. The Balaban J connectivity index is 1.33. The predicted molar refractivity (Wildman–Crippen MR) is 141 cm³/mol. The summed E-state index contributed by atoms with van der Waals surface area (Å²) < 4.78 is 62.5. The van der Waals surface area contributed by atoms with Gasteiger partial charge in [0.2, 0.25) is 11.8 Å². The number of benzene rings is 2. The summed E-state index contributed by atoms with van der Waals surface area (Å²) in [6.45, 7) is 9.77. The maximum absolute atomic E-state index is 15.2. The number of halogens is 1. The van der Waals surface area contributed by atoms with Crippen LogP contribution in [0.5, 0.6) is 0 Å². The fourth-order valence-electron chi connectivity index (χ4n) is 5.57. The highest BCUT2D eigenvalue weighted by atomic mass is 19.1. The van der Waals surface area contributed by atoms with Crippen molar-refractivity contribution in [2.75, 3.05) is 18.4 Å². The number of hydrogen-bond acceptors (Lipinski definition) is 6. The number of ether oxygens (including phenoxy) is 1. The topological polar surface area (TPSA) is 91.0 Å². The number of fused-ring (bicyclic) bond motifs is 1. The van der Waals surface area contributed by atoms with E-state index in [1.165, 1.54) is 12.1 Å². The van der Waals surface area contributed by atoms with Crippen LogP contribution in [0.15, 0.2) is 36.4 Å². The summed E-state index contributed by atoms with van der Waals surface area (Å²) in [6.07, 6.45) is -6.61. The third-order valence-corrected chi connectivity index (χ3v) is 6.73. The second-order valence-electron chi connectivity index (χ2n) is 11.2. The van der Waals surface area contributed by atoms with Gasteiger partial charge in [-0.25, -0.2) is 4.39 Å². The average Bonchev–Trinajstić information content (AvgIpc) is 3.22. The van der Waals surface area contributed by atoms with E-state index in [1.807, 2.05) is 33.8 Å². The molecule has 202 valence electrons. The summed E-state index contributed by atoms with van der Waals surface area (Å²) in [5.74, 6) is -4.21. The molecule has 2 aromatic carbocycles. The van der Waals surface area contributed by atoms with E-state index in [0.29, 0.717) is 41.3 Å². The highest BCUT2D eigenvalue weighted by molar-refractivity contribution is 6.06. The summed E-state index contributed by atoms with van der Waals surface area (Å²) in [7, 11) is 0. The molecule has 3 amide bonds. The fourth-order valence-corrected chi connectivity index (χ4v) is 5.57. The van der Waals surface area contributed by atoms with Gasteiger partial charge in [0, 0.05) is 67.0 Å². The molecule has 0 bridgehead atoms. The maximum Gasteiger partial charge on any atom is 0.255 e. The molecule has 0 spiro atoms. The second-order valence-corrected chi connectivity index (χ2v) is 11.2. The minimum atomic E-state index is -3.36. The number of rotatable bonds is 6. The quantitative estimate of drug-likeness (QED) is 0.558. The molecule has 8 nitrogen and oxygen atoms in total. The molecule has 3 aliphatic heterocycles. The van der Waals surface area contributed by atoms with Crippen LogP contribution in [-0.4, -0.2) is 57.8 Å². The second kappa shape index (κ2) is 9.78. The highest BCUT2D eigenvalue weighted by Crippen LogP contribution is 2.33. The molecular weight excluding hydrogens is 487 g/mol. The third kappa shape index (κ3) is 5.44. The van der Waals surface area contributed by atoms with E-state index in [2.05, 4.69) is 10.2 Å². The number of carbonyl (C=O) groups is 3. The van der Waals surface area contributed by atoms with Gasteiger partial charge < -0.3 is 15.0 Å². The van der Waals surface area contributed by atoms with Gasteiger partial charge >= 0.3 is 0 Å². The summed E-state index contributed by atoms with van der Waals surface area (Å²) >= 11 is 0. The van der Waals surface area contributed by atoms with Gasteiger partial charge in [-0.05, 0) is 57.8 Å². The zero-order valence-electron chi connectivity index (χ0n) is 26.9. The van der Waals surface area contributed by atoms with E-state index in [0.717, 1.165) is 5.56 Å². The van der Waals surface area contributed by atoms with Gasteiger partial charge in [0.1, 0.15) is 11.8 Å². The third-order valence-electron chi connectivity index (χ3n) is 6.73. The van der Waals surface area contributed by atoms with Gasteiger partial charge in [0.15, 0.2) is 0 Å². The monoisotopic (exact) mass is 527 g/mol. The Hall–Kier alpha value is -3.30. The van der Waals surface area contributed by atoms with Crippen LogP contribution in [-0.2, 0) is 34.0 Å². The molecule has 0 aromatic heterocycles. The molecule has 0 aliphatic carbocycles. The number of nitrogens with zero attached hydrogens (tertiary/aromatic N) is 2. The minimum absolute atomic E-state index is 0.0543. The van der Waals surface area contributed by atoms with Crippen molar-refractivity contribution in [2.24, 2.45) is 0 Å². The number of morpholine rings is 1. The van der Waals surface area contributed by atoms with Crippen molar-refractivity contribution in [3.63, 3.8) is 0 Å². The number of amides is 3. The highest BCUT2D eigenvalue weighted by Gasteiger charge is 2.40. The molecule has 3 heterocycles. The largest absolute Gasteiger partial charge is 0.381 e.